The van der Waals surface area contributed by atoms with E-state index in [0.29, 0.717) is 12.0 Å². The van der Waals surface area contributed by atoms with Crippen molar-refractivity contribution in [2.24, 2.45) is 0 Å². The van der Waals surface area contributed by atoms with Crippen molar-refractivity contribution in [3.8, 4) is 11.1 Å². The van der Waals surface area contributed by atoms with Crippen LogP contribution in [0.5, 0.6) is 0 Å². The Kier molecular flexibility index (Phi) is 3.53. The van der Waals surface area contributed by atoms with Gasteiger partial charge in [-0.2, -0.15) is 0 Å². The van der Waals surface area contributed by atoms with Crippen molar-refractivity contribution >= 4 is 11.4 Å². The van der Waals surface area contributed by atoms with Crippen molar-refractivity contribution in [3.05, 3.63) is 108 Å². The van der Waals surface area contributed by atoms with Crippen LogP contribution in [0.15, 0.2) is 97.1 Å². The van der Waals surface area contributed by atoms with E-state index in [0.717, 1.165) is 0 Å². The van der Waals surface area contributed by atoms with Crippen molar-refractivity contribution in [3.63, 3.8) is 0 Å². The van der Waals surface area contributed by atoms with Crippen molar-refractivity contribution in [1.82, 2.24) is 0 Å². The Morgan fingerprint density at radius 1 is 0.731 bits per heavy atom. The molecule has 1 heteroatoms. The number of anilines is 2. The van der Waals surface area contributed by atoms with Crippen LogP contribution < -0.4 is 4.90 Å². The third kappa shape index (κ3) is 2.32. The minimum atomic E-state index is 0.337. The highest BCUT2D eigenvalue weighted by Gasteiger charge is 2.38. The van der Waals surface area contributed by atoms with Crippen molar-refractivity contribution < 1.29 is 0 Å². The van der Waals surface area contributed by atoms with Gasteiger partial charge in [0, 0.05) is 17.2 Å². The Bertz CT molecular complexity index is 996. The molecule has 3 aromatic carbocycles. The van der Waals surface area contributed by atoms with Gasteiger partial charge in [0.1, 0.15) is 0 Å². The van der Waals surface area contributed by atoms with E-state index >= 15 is 0 Å². The molecule has 0 bridgehead atoms. The van der Waals surface area contributed by atoms with Crippen LogP contribution in [-0.2, 0) is 0 Å². The summed E-state index contributed by atoms with van der Waals surface area (Å²) < 4.78 is 0. The summed E-state index contributed by atoms with van der Waals surface area (Å²) in [6.07, 6.45) is 9.02. The number of fused-ring (bicyclic) bond motifs is 3. The van der Waals surface area contributed by atoms with Gasteiger partial charge in [0.2, 0.25) is 0 Å². The van der Waals surface area contributed by atoms with Gasteiger partial charge in [0.15, 0.2) is 0 Å². The summed E-state index contributed by atoms with van der Waals surface area (Å²) in [7, 11) is 0. The lowest BCUT2D eigenvalue weighted by atomic mass is 9.90. The van der Waals surface area contributed by atoms with E-state index in [1.807, 2.05) is 0 Å². The zero-order valence-corrected chi connectivity index (χ0v) is 14.8. The predicted molar refractivity (Wildman–Crippen MR) is 110 cm³/mol. The number of hydrogen-bond donors (Lipinski definition) is 0. The Hall–Kier alpha value is -3.06. The third-order valence-electron chi connectivity index (χ3n) is 5.47. The average Bonchev–Trinajstić information content (AvgIpc) is 3.04. The largest absolute Gasteiger partial charge is 0.333 e. The van der Waals surface area contributed by atoms with Crippen LogP contribution in [-0.4, -0.2) is 6.04 Å². The summed E-state index contributed by atoms with van der Waals surface area (Å²) in [5, 5.41) is 0. The third-order valence-corrected chi connectivity index (χ3v) is 5.47. The van der Waals surface area contributed by atoms with Crippen LogP contribution in [0, 0.1) is 6.92 Å². The van der Waals surface area contributed by atoms with E-state index in [9.17, 15) is 0 Å². The van der Waals surface area contributed by atoms with E-state index < -0.39 is 0 Å². The molecular formula is C25H21N. The molecular weight excluding hydrogens is 314 g/mol. The van der Waals surface area contributed by atoms with Crippen LogP contribution in [0.4, 0.5) is 11.4 Å². The predicted octanol–water partition coefficient (Wildman–Crippen LogP) is 6.39. The maximum absolute atomic E-state index is 2.51. The topological polar surface area (TPSA) is 3.24 Å². The summed E-state index contributed by atoms with van der Waals surface area (Å²) in [6.45, 7) is 2.14. The fourth-order valence-corrected chi connectivity index (χ4v) is 4.23. The van der Waals surface area contributed by atoms with Gasteiger partial charge in [-0.05, 0) is 30.2 Å². The molecule has 0 amide bonds. The van der Waals surface area contributed by atoms with Crippen molar-refractivity contribution in [2.75, 3.05) is 4.90 Å². The second-order valence-corrected chi connectivity index (χ2v) is 7.10. The lowest BCUT2D eigenvalue weighted by Gasteiger charge is -2.29. The maximum atomic E-state index is 2.51. The molecule has 26 heavy (non-hydrogen) atoms. The summed E-state index contributed by atoms with van der Waals surface area (Å²) in [4.78, 5) is 2.51. The molecule has 126 valence electrons. The first-order chi connectivity index (χ1) is 12.8. The SMILES string of the molecule is Cc1ccc(-c2cccc3c2N(c2ccccc2)C2C=CC=CC32)cc1. The Morgan fingerprint density at radius 3 is 2.31 bits per heavy atom. The highest BCUT2D eigenvalue weighted by Crippen LogP contribution is 2.51. The number of para-hydroxylation sites is 2. The van der Waals surface area contributed by atoms with Gasteiger partial charge in [-0.3, -0.25) is 0 Å². The zero-order chi connectivity index (χ0) is 17.5. The average molecular weight is 335 g/mol. The van der Waals surface area contributed by atoms with Gasteiger partial charge in [-0.25, -0.2) is 0 Å². The highest BCUT2D eigenvalue weighted by molar-refractivity contribution is 5.89. The van der Waals surface area contributed by atoms with E-state index in [-0.39, 0.29) is 0 Å². The van der Waals surface area contributed by atoms with Crippen molar-refractivity contribution in [1.29, 1.82) is 0 Å². The van der Waals surface area contributed by atoms with Gasteiger partial charge in [-0.1, -0.05) is 90.5 Å². The normalized spacial score (nSPS) is 20.1. The zero-order valence-electron chi connectivity index (χ0n) is 14.8. The lowest BCUT2D eigenvalue weighted by Crippen LogP contribution is -2.28. The van der Waals surface area contributed by atoms with E-state index in [2.05, 4.69) is 109 Å². The molecule has 0 N–H and O–H groups in total. The number of allylic oxidation sites excluding steroid dienone is 2. The van der Waals surface area contributed by atoms with Crippen LogP contribution in [0.25, 0.3) is 11.1 Å². The molecule has 1 aliphatic heterocycles. The molecule has 0 fully saturated rings. The van der Waals surface area contributed by atoms with Crippen LogP contribution in [0.2, 0.25) is 0 Å². The van der Waals surface area contributed by atoms with Crippen LogP contribution in [0.3, 0.4) is 0 Å². The van der Waals surface area contributed by atoms with Gasteiger partial charge in [0.05, 0.1) is 11.7 Å². The first-order valence-electron chi connectivity index (χ1n) is 9.22. The summed E-state index contributed by atoms with van der Waals surface area (Å²) in [5.74, 6) is 0.403. The lowest BCUT2D eigenvalue weighted by molar-refractivity contribution is 0.745. The first kappa shape index (κ1) is 15.2. The molecule has 0 radical (unpaired) electrons. The smallest absolute Gasteiger partial charge is 0.0629 e. The fourth-order valence-electron chi connectivity index (χ4n) is 4.23. The molecule has 1 heterocycles. The maximum Gasteiger partial charge on any atom is 0.0629 e. The highest BCUT2D eigenvalue weighted by atomic mass is 15.2. The minimum Gasteiger partial charge on any atom is -0.333 e. The van der Waals surface area contributed by atoms with Gasteiger partial charge in [0.25, 0.3) is 0 Å². The van der Waals surface area contributed by atoms with Crippen LogP contribution in [0.1, 0.15) is 17.0 Å². The Labute approximate surface area is 154 Å². The molecule has 0 spiro atoms. The standard InChI is InChI=1S/C25H21N/c1-18-14-16-19(17-15-18)21-11-7-12-23-22-10-5-6-13-24(22)26(25(21)23)20-8-3-2-4-9-20/h2-17,22,24H,1H3. The number of rotatable bonds is 2. The summed E-state index contributed by atoms with van der Waals surface area (Å²) >= 11 is 0. The van der Waals surface area contributed by atoms with Crippen LogP contribution >= 0.6 is 0 Å². The summed E-state index contributed by atoms with van der Waals surface area (Å²) in [5.41, 5.74) is 7.88. The number of aryl methyl sites for hydroxylation is 1. The monoisotopic (exact) mass is 335 g/mol. The number of hydrogen-bond acceptors (Lipinski definition) is 1. The number of benzene rings is 3. The van der Waals surface area contributed by atoms with E-state index in [1.165, 1.54) is 33.6 Å². The molecule has 3 aromatic rings. The molecule has 2 unspecified atom stereocenters. The molecule has 1 aliphatic carbocycles. The molecule has 1 nitrogen and oxygen atoms in total. The van der Waals surface area contributed by atoms with Gasteiger partial charge in [-0.15, -0.1) is 0 Å². The van der Waals surface area contributed by atoms with Crippen molar-refractivity contribution in [2.45, 2.75) is 18.9 Å². The van der Waals surface area contributed by atoms with Gasteiger partial charge < -0.3 is 4.90 Å². The molecule has 2 aliphatic rings. The Morgan fingerprint density at radius 2 is 1.50 bits per heavy atom. The Balaban J connectivity index is 1.75. The number of nitrogens with zero attached hydrogens (tertiary/aromatic N) is 1. The van der Waals surface area contributed by atoms with E-state index in [1.54, 1.807) is 0 Å². The summed E-state index contributed by atoms with van der Waals surface area (Å²) in [6, 6.07) is 26.7. The molecule has 0 aromatic heterocycles. The second kappa shape index (κ2) is 6.03. The fraction of sp³-hybridized carbons (Fsp3) is 0.120. The van der Waals surface area contributed by atoms with E-state index in [4.69, 9.17) is 0 Å². The molecule has 0 saturated heterocycles. The molecule has 5 rings (SSSR count). The second-order valence-electron chi connectivity index (χ2n) is 7.10. The molecule has 2 atom stereocenters. The van der Waals surface area contributed by atoms with Gasteiger partial charge >= 0.3 is 0 Å². The minimum absolute atomic E-state index is 0.337. The molecule has 0 saturated carbocycles. The quantitative estimate of drug-likeness (QED) is 0.524. The first-order valence-corrected chi connectivity index (χ1v) is 9.22.